The van der Waals surface area contributed by atoms with Crippen LogP contribution in [0, 0.1) is 6.92 Å². The van der Waals surface area contributed by atoms with Crippen LogP contribution in [-0.2, 0) is 6.54 Å². The number of halogens is 1. The average Bonchev–Trinajstić information content (AvgIpc) is 3.04. The van der Waals surface area contributed by atoms with E-state index in [1.807, 2.05) is 19.1 Å². The second-order valence-corrected chi connectivity index (χ2v) is 8.03. The predicted octanol–water partition coefficient (Wildman–Crippen LogP) is 4.11. The van der Waals surface area contributed by atoms with Gasteiger partial charge in [0.05, 0.1) is 11.1 Å². The average molecular weight is 413 g/mol. The molecule has 2 aliphatic heterocycles. The molecule has 2 aliphatic rings. The number of ketones is 1. The van der Waals surface area contributed by atoms with Crippen LogP contribution in [0.3, 0.4) is 0 Å². The van der Waals surface area contributed by atoms with E-state index < -0.39 is 0 Å². The molecule has 0 aromatic heterocycles. The number of phenolic OH excluding ortho intramolecular Hbond substituents is 1. The molecule has 0 aliphatic carbocycles. The van der Waals surface area contributed by atoms with Gasteiger partial charge in [-0.05, 0) is 48.9 Å². The van der Waals surface area contributed by atoms with Gasteiger partial charge < -0.3 is 14.7 Å². The molecule has 0 saturated carbocycles. The first-order chi connectivity index (χ1) is 14.0. The number of benzene rings is 2. The monoisotopic (exact) mass is 412 g/mol. The normalized spacial score (nSPS) is 18.9. The number of Topliss-reactive ketones (excluding diaryl/α,β-unsaturated/α-hetero) is 1. The molecule has 29 heavy (non-hydrogen) atoms. The molecule has 1 N–H and O–H groups in total. The van der Waals surface area contributed by atoms with Crippen molar-refractivity contribution in [1.82, 2.24) is 9.80 Å². The Labute approximate surface area is 176 Å². The zero-order valence-corrected chi connectivity index (χ0v) is 17.5. The molecule has 0 unspecified atom stereocenters. The summed E-state index contributed by atoms with van der Waals surface area (Å²) in [7, 11) is 0. The first-order valence-electron chi connectivity index (χ1n) is 9.96. The summed E-state index contributed by atoms with van der Waals surface area (Å²) < 4.78 is 6.01. The molecular formula is C23H25ClN2O3. The quantitative estimate of drug-likeness (QED) is 0.766. The van der Waals surface area contributed by atoms with E-state index in [0.717, 1.165) is 43.9 Å². The standard InChI is InChI=1S/C23H25ClN2O3/c1-3-25-8-10-26(11-9-25)14-18-19(27)12-15(2)21-22(28)20(29-23(18)21)13-16-4-6-17(24)7-5-16/h4-7,12-13,27H,3,8-11,14H2,1-2H3/b20-13-. The number of piperazine rings is 1. The molecule has 0 amide bonds. The lowest BCUT2D eigenvalue weighted by atomic mass is 9.99. The van der Waals surface area contributed by atoms with Crippen molar-refractivity contribution in [2.75, 3.05) is 32.7 Å². The molecule has 2 aromatic carbocycles. The zero-order valence-electron chi connectivity index (χ0n) is 16.7. The lowest BCUT2D eigenvalue weighted by molar-refractivity contribution is 0.101. The smallest absolute Gasteiger partial charge is 0.232 e. The van der Waals surface area contributed by atoms with Gasteiger partial charge in [-0.25, -0.2) is 0 Å². The van der Waals surface area contributed by atoms with Gasteiger partial charge in [0.25, 0.3) is 0 Å². The summed E-state index contributed by atoms with van der Waals surface area (Å²) in [5, 5.41) is 11.3. The van der Waals surface area contributed by atoms with Gasteiger partial charge in [-0.15, -0.1) is 0 Å². The van der Waals surface area contributed by atoms with Crippen molar-refractivity contribution in [2.24, 2.45) is 0 Å². The summed E-state index contributed by atoms with van der Waals surface area (Å²) in [6, 6.07) is 8.90. The number of allylic oxidation sites excluding steroid dienone is 1. The van der Waals surface area contributed by atoms with Crippen molar-refractivity contribution in [3.05, 3.63) is 63.4 Å². The van der Waals surface area contributed by atoms with Crippen molar-refractivity contribution < 1.29 is 14.6 Å². The van der Waals surface area contributed by atoms with Gasteiger partial charge in [-0.2, -0.15) is 0 Å². The van der Waals surface area contributed by atoms with Gasteiger partial charge in [-0.3, -0.25) is 9.69 Å². The summed E-state index contributed by atoms with van der Waals surface area (Å²) in [6.45, 7) is 9.48. The van der Waals surface area contributed by atoms with Gasteiger partial charge in [0.15, 0.2) is 5.76 Å². The summed E-state index contributed by atoms with van der Waals surface area (Å²) in [4.78, 5) is 17.7. The van der Waals surface area contributed by atoms with Crippen LogP contribution in [0.1, 0.15) is 34.0 Å². The molecule has 0 spiro atoms. The number of likely N-dealkylation sites (N-methyl/N-ethyl adjacent to an activating group) is 1. The molecule has 1 fully saturated rings. The third-order valence-electron chi connectivity index (χ3n) is 5.68. The Morgan fingerprint density at radius 1 is 1.14 bits per heavy atom. The molecule has 0 atom stereocenters. The van der Waals surface area contributed by atoms with E-state index in [1.165, 1.54) is 0 Å². The van der Waals surface area contributed by atoms with Gasteiger partial charge >= 0.3 is 0 Å². The fourth-order valence-corrected chi connectivity index (χ4v) is 4.06. The Balaban J connectivity index is 1.63. The Morgan fingerprint density at radius 2 is 1.79 bits per heavy atom. The molecule has 152 valence electrons. The summed E-state index contributed by atoms with van der Waals surface area (Å²) in [5.74, 6) is 0.794. The number of phenols is 1. The first-order valence-corrected chi connectivity index (χ1v) is 10.3. The number of fused-ring (bicyclic) bond motifs is 1. The maximum absolute atomic E-state index is 13.0. The Kier molecular flexibility index (Phi) is 5.63. The van der Waals surface area contributed by atoms with Crippen LogP contribution in [-0.4, -0.2) is 53.4 Å². The van der Waals surface area contributed by atoms with Crippen LogP contribution >= 0.6 is 11.6 Å². The minimum atomic E-state index is -0.149. The molecule has 2 heterocycles. The van der Waals surface area contributed by atoms with Crippen LogP contribution in [0.2, 0.25) is 5.02 Å². The van der Waals surface area contributed by atoms with Crippen molar-refractivity contribution in [2.45, 2.75) is 20.4 Å². The maximum atomic E-state index is 13.0. The number of ether oxygens (including phenoxy) is 1. The molecule has 5 nitrogen and oxygen atoms in total. The number of carbonyl (C=O) groups is 1. The van der Waals surface area contributed by atoms with Crippen molar-refractivity contribution in [3.8, 4) is 11.5 Å². The van der Waals surface area contributed by atoms with Gasteiger partial charge in [0.2, 0.25) is 5.78 Å². The van der Waals surface area contributed by atoms with E-state index >= 15 is 0 Å². The Morgan fingerprint density at radius 3 is 2.45 bits per heavy atom. The van der Waals surface area contributed by atoms with Crippen molar-refractivity contribution in [3.63, 3.8) is 0 Å². The van der Waals surface area contributed by atoms with E-state index in [0.29, 0.717) is 28.4 Å². The number of nitrogens with zero attached hydrogens (tertiary/aromatic N) is 2. The lowest BCUT2D eigenvalue weighted by Crippen LogP contribution is -2.45. The number of carbonyl (C=O) groups excluding carboxylic acids is 1. The van der Waals surface area contributed by atoms with Crippen molar-refractivity contribution >= 4 is 23.5 Å². The molecule has 4 rings (SSSR count). The highest BCUT2D eigenvalue weighted by Crippen LogP contribution is 2.42. The number of rotatable bonds is 4. The third kappa shape index (κ3) is 4.04. The topological polar surface area (TPSA) is 53.0 Å². The fraction of sp³-hybridized carbons (Fsp3) is 0.348. The second kappa shape index (κ2) is 8.19. The van der Waals surface area contributed by atoms with Crippen LogP contribution in [0.4, 0.5) is 0 Å². The number of aromatic hydroxyl groups is 1. The van der Waals surface area contributed by atoms with Gasteiger partial charge in [0, 0.05) is 37.7 Å². The van der Waals surface area contributed by atoms with Gasteiger partial charge in [-0.1, -0.05) is 30.7 Å². The van der Waals surface area contributed by atoms with E-state index in [-0.39, 0.29) is 17.3 Å². The lowest BCUT2D eigenvalue weighted by Gasteiger charge is -2.34. The van der Waals surface area contributed by atoms with Crippen LogP contribution in [0.25, 0.3) is 6.08 Å². The minimum Gasteiger partial charge on any atom is -0.507 e. The summed E-state index contributed by atoms with van der Waals surface area (Å²) in [6.07, 6.45) is 1.72. The summed E-state index contributed by atoms with van der Waals surface area (Å²) >= 11 is 5.95. The molecule has 0 radical (unpaired) electrons. The van der Waals surface area contributed by atoms with E-state index in [1.54, 1.807) is 24.3 Å². The van der Waals surface area contributed by atoms with E-state index in [9.17, 15) is 9.90 Å². The summed E-state index contributed by atoms with van der Waals surface area (Å²) in [5.41, 5.74) is 2.79. The molecule has 1 saturated heterocycles. The maximum Gasteiger partial charge on any atom is 0.232 e. The Bertz CT molecular complexity index is 961. The number of aryl methyl sites for hydroxylation is 1. The van der Waals surface area contributed by atoms with Crippen LogP contribution in [0.5, 0.6) is 11.5 Å². The molecule has 0 bridgehead atoms. The SMILES string of the molecule is CCN1CCN(Cc2c(O)cc(C)c3c2O/C(=C\c2ccc(Cl)cc2)C3=O)CC1. The van der Waals surface area contributed by atoms with E-state index in [4.69, 9.17) is 16.3 Å². The highest BCUT2D eigenvalue weighted by Gasteiger charge is 2.34. The number of hydrogen-bond donors (Lipinski definition) is 1. The molecular weight excluding hydrogens is 388 g/mol. The zero-order chi connectivity index (χ0) is 20.5. The van der Waals surface area contributed by atoms with Crippen molar-refractivity contribution in [1.29, 1.82) is 0 Å². The van der Waals surface area contributed by atoms with E-state index in [2.05, 4.69) is 16.7 Å². The molecule has 2 aromatic rings. The van der Waals surface area contributed by atoms with Crippen LogP contribution in [0.15, 0.2) is 36.1 Å². The fourth-order valence-electron chi connectivity index (χ4n) is 3.93. The first kappa shape index (κ1) is 20.0. The molecule has 6 heteroatoms. The van der Waals surface area contributed by atoms with Gasteiger partial charge in [0.1, 0.15) is 11.5 Å². The minimum absolute atomic E-state index is 0.149. The highest BCUT2D eigenvalue weighted by atomic mass is 35.5. The third-order valence-corrected chi connectivity index (χ3v) is 5.93. The predicted molar refractivity (Wildman–Crippen MR) is 115 cm³/mol. The highest BCUT2D eigenvalue weighted by molar-refractivity contribution is 6.30. The number of hydrogen-bond acceptors (Lipinski definition) is 5. The second-order valence-electron chi connectivity index (χ2n) is 7.60. The Hall–Kier alpha value is -2.34. The largest absolute Gasteiger partial charge is 0.507 e. The van der Waals surface area contributed by atoms with Crippen LogP contribution < -0.4 is 4.74 Å².